The lowest BCUT2D eigenvalue weighted by Crippen LogP contribution is -2.47. The summed E-state index contributed by atoms with van der Waals surface area (Å²) in [5.41, 5.74) is 5.77. The van der Waals surface area contributed by atoms with Crippen LogP contribution in [0.2, 0.25) is 0 Å². The third-order valence-corrected chi connectivity index (χ3v) is 4.68. The van der Waals surface area contributed by atoms with E-state index in [1.165, 1.54) is 35.9 Å². The standard InChI is InChI=1S/C18H20FN5O2/c1-22-17(25)8-16(23-6-2-3-15(21)11-23)24(18(22)26)10-13-7-14(19)5-4-12(13)9-20/h4-5,7-8,15H,2-3,6,10-11,21H2,1H3/t15-/m0/s1. The Bertz CT molecular complexity index is 989. The van der Waals surface area contributed by atoms with Crippen molar-refractivity contribution in [2.45, 2.75) is 25.4 Å². The summed E-state index contributed by atoms with van der Waals surface area (Å²) in [6.07, 6.45) is 1.74. The van der Waals surface area contributed by atoms with Gasteiger partial charge < -0.3 is 10.6 Å². The molecule has 1 aliphatic heterocycles. The molecule has 0 saturated carbocycles. The number of nitrogens with two attached hydrogens (primary N) is 1. The molecule has 0 spiro atoms. The topological polar surface area (TPSA) is 97.1 Å². The maximum Gasteiger partial charge on any atom is 0.332 e. The summed E-state index contributed by atoms with van der Waals surface area (Å²) in [5.74, 6) is -0.0418. The quantitative estimate of drug-likeness (QED) is 0.864. The number of piperidine rings is 1. The van der Waals surface area contributed by atoms with Gasteiger partial charge in [0.15, 0.2) is 0 Å². The van der Waals surface area contributed by atoms with Crippen LogP contribution in [0, 0.1) is 17.1 Å². The molecule has 1 aromatic carbocycles. The number of hydrogen-bond acceptors (Lipinski definition) is 5. The van der Waals surface area contributed by atoms with Crippen molar-refractivity contribution >= 4 is 5.82 Å². The average Bonchev–Trinajstić information content (AvgIpc) is 2.62. The first-order chi connectivity index (χ1) is 12.4. The minimum absolute atomic E-state index is 0.00528. The Kier molecular flexibility index (Phi) is 4.91. The van der Waals surface area contributed by atoms with Gasteiger partial charge in [0.25, 0.3) is 5.56 Å². The predicted octanol–water partition coefficient (Wildman–Crippen LogP) is 0.534. The van der Waals surface area contributed by atoms with Crippen molar-refractivity contribution in [1.82, 2.24) is 9.13 Å². The van der Waals surface area contributed by atoms with E-state index in [-0.39, 0.29) is 18.2 Å². The van der Waals surface area contributed by atoms with E-state index in [0.29, 0.717) is 24.5 Å². The Labute approximate surface area is 149 Å². The molecule has 2 N–H and O–H groups in total. The zero-order valence-electron chi connectivity index (χ0n) is 14.5. The van der Waals surface area contributed by atoms with E-state index in [9.17, 15) is 19.2 Å². The van der Waals surface area contributed by atoms with Gasteiger partial charge in [0.1, 0.15) is 11.6 Å². The first-order valence-electron chi connectivity index (χ1n) is 8.40. The summed E-state index contributed by atoms with van der Waals surface area (Å²) >= 11 is 0. The lowest BCUT2D eigenvalue weighted by Gasteiger charge is -2.34. The summed E-state index contributed by atoms with van der Waals surface area (Å²) in [6, 6.07) is 7.19. The molecule has 26 heavy (non-hydrogen) atoms. The van der Waals surface area contributed by atoms with Crippen molar-refractivity contribution in [2.75, 3.05) is 18.0 Å². The number of nitriles is 1. The van der Waals surface area contributed by atoms with Crippen molar-refractivity contribution in [2.24, 2.45) is 12.8 Å². The zero-order valence-corrected chi connectivity index (χ0v) is 14.5. The van der Waals surface area contributed by atoms with Crippen LogP contribution in [0.3, 0.4) is 0 Å². The molecule has 1 atom stereocenters. The van der Waals surface area contributed by atoms with Gasteiger partial charge in [-0.2, -0.15) is 5.26 Å². The van der Waals surface area contributed by atoms with Crippen LogP contribution in [-0.4, -0.2) is 28.3 Å². The first-order valence-corrected chi connectivity index (χ1v) is 8.40. The molecule has 1 aromatic heterocycles. The van der Waals surface area contributed by atoms with Crippen molar-refractivity contribution in [3.05, 3.63) is 62.0 Å². The average molecular weight is 357 g/mol. The maximum atomic E-state index is 13.7. The highest BCUT2D eigenvalue weighted by molar-refractivity contribution is 5.43. The second kappa shape index (κ2) is 7.14. The van der Waals surface area contributed by atoms with Crippen LogP contribution in [0.1, 0.15) is 24.0 Å². The molecule has 7 nitrogen and oxygen atoms in total. The number of anilines is 1. The minimum atomic E-state index is -0.514. The normalized spacial score (nSPS) is 17.2. The molecule has 0 radical (unpaired) electrons. The molecule has 1 saturated heterocycles. The van der Waals surface area contributed by atoms with Gasteiger partial charge in [-0.3, -0.25) is 13.9 Å². The molecule has 0 amide bonds. The lowest BCUT2D eigenvalue weighted by molar-refractivity contribution is 0.491. The van der Waals surface area contributed by atoms with E-state index in [1.807, 2.05) is 11.0 Å². The summed E-state index contributed by atoms with van der Waals surface area (Å²) < 4.78 is 16.1. The van der Waals surface area contributed by atoms with Crippen molar-refractivity contribution in [1.29, 1.82) is 5.26 Å². The van der Waals surface area contributed by atoms with Crippen molar-refractivity contribution in [3.63, 3.8) is 0 Å². The van der Waals surface area contributed by atoms with Crippen LogP contribution < -0.4 is 21.9 Å². The van der Waals surface area contributed by atoms with Crippen molar-refractivity contribution < 1.29 is 4.39 Å². The Morgan fingerprint density at radius 1 is 1.35 bits per heavy atom. The summed E-state index contributed by atoms with van der Waals surface area (Å²) in [5, 5.41) is 9.27. The van der Waals surface area contributed by atoms with Gasteiger partial charge in [-0.1, -0.05) is 0 Å². The molecule has 0 unspecified atom stereocenters. The van der Waals surface area contributed by atoms with Crippen molar-refractivity contribution in [3.8, 4) is 6.07 Å². The molecule has 1 fully saturated rings. The van der Waals surface area contributed by atoms with Gasteiger partial charge >= 0.3 is 5.69 Å². The Morgan fingerprint density at radius 2 is 2.12 bits per heavy atom. The van der Waals surface area contributed by atoms with E-state index >= 15 is 0 Å². The summed E-state index contributed by atoms with van der Waals surface area (Å²) in [7, 11) is 1.39. The molecule has 2 aromatic rings. The zero-order chi connectivity index (χ0) is 18.8. The fourth-order valence-electron chi connectivity index (χ4n) is 3.26. The number of rotatable bonds is 3. The van der Waals surface area contributed by atoms with E-state index in [4.69, 9.17) is 5.73 Å². The third-order valence-electron chi connectivity index (χ3n) is 4.68. The van der Waals surface area contributed by atoms with Crippen LogP contribution in [0.5, 0.6) is 0 Å². The fraction of sp³-hybridized carbons (Fsp3) is 0.389. The number of aromatic nitrogens is 2. The van der Waals surface area contributed by atoms with Gasteiger partial charge in [0, 0.05) is 32.2 Å². The summed E-state index contributed by atoms with van der Waals surface area (Å²) in [4.78, 5) is 26.8. The van der Waals surface area contributed by atoms with E-state index in [2.05, 4.69) is 0 Å². The second-order valence-electron chi connectivity index (χ2n) is 6.53. The highest BCUT2D eigenvalue weighted by Crippen LogP contribution is 2.19. The fourth-order valence-corrected chi connectivity index (χ4v) is 3.26. The Balaban J connectivity index is 2.13. The van der Waals surface area contributed by atoms with Gasteiger partial charge in [-0.05, 0) is 36.6 Å². The lowest BCUT2D eigenvalue weighted by atomic mass is 10.1. The van der Waals surface area contributed by atoms with Crippen LogP contribution in [0.15, 0.2) is 33.9 Å². The third kappa shape index (κ3) is 3.39. The highest BCUT2D eigenvalue weighted by Gasteiger charge is 2.22. The smallest absolute Gasteiger partial charge is 0.332 e. The van der Waals surface area contributed by atoms with Gasteiger partial charge in [-0.15, -0.1) is 0 Å². The minimum Gasteiger partial charge on any atom is -0.356 e. The molecule has 1 aliphatic rings. The van der Waals surface area contributed by atoms with Crippen LogP contribution >= 0.6 is 0 Å². The Morgan fingerprint density at radius 3 is 2.81 bits per heavy atom. The molecule has 0 aliphatic carbocycles. The molecule has 0 bridgehead atoms. The molecular formula is C18H20FN5O2. The summed E-state index contributed by atoms with van der Waals surface area (Å²) in [6.45, 7) is 1.20. The Hall–Kier alpha value is -2.92. The van der Waals surface area contributed by atoms with E-state index in [1.54, 1.807) is 0 Å². The molecule has 3 rings (SSSR count). The monoisotopic (exact) mass is 357 g/mol. The van der Waals surface area contributed by atoms with Gasteiger partial charge in [-0.25, -0.2) is 9.18 Å². The number of halogens is 1. The highest BCUT2D eigenvalue weighted by atomic mass is 19.1. The van der Waals surface area contributed by atoms with Crippen LogP contribution in [-0.2, 0) is 13.6 Å². The molecular weight excluding hydrogens is 337 g/mol. The van der Waals surface area contributed by atoms with Crippen LogP contribution in [0.25, 0.3) is 0 Å². The van der Waals surface area contributed by atoms with Gasteiger partial charge in [0.2, 0.25) is 0 Å². The van der Waals surface area contributed by atoms with Crippen LogP contribution in [0.4, 0.5) is 10.2 Å². The SMILES string of the molecule is Cn1c(=O)cc(N2CCC[C@H](N)C2)n(Cc2cc(F)ccc2C#N)c1=O. The number of nitrogens with zero attached hydrogens (tertiary/aromatic N) is 4. The maximum absolute atomic E-state index is 13.7. The number of hydrogen-bond donors (Lipinski definition) is 1. The first kappa shape index (κ1) is 17.9. The predicted molar refractivity (Wildman–Crippen MR) is 95.6 cm³/mol. The molecule has 8 heteroatoms. The van der Waals surface area contributed by atoms with E-state index in [0.717, 1.165) is 17.4 Å². The van der Waals surface area contributed by atoms with Gasteiger partial charge in [0.05, 0.1) is 18.2 Å². The molecule has 136 valence electrons. The second-order valence-corrected chi connectivity index (χ2v) is 6.53. The van der Waals surface area contributed by atoms with E-state index < -0.39 is 17.1 Å². The number of benzene rings is 1. The largest absolute Gasteiger partial charge is 0.356 e. The molecule has 2 heterocycles.